The van der Waals surface area contributed by atoms with E-state index in [1.54, 1.807) is 4.57 Å². The Morgan fingerprint density at radius 2 is 1.88 bits per heavy atom. The fraction of sp³-hybridized carbons (Fsp3) is 0.111. The van der Waals surface area contributed by atoms with Crippen molar-refractivity contribution in [1.29, 1.82) is 0 Å². The first-order valence-electron chi connectivity index (χ1n) is 7.42. The summed E-state index contributed by atoms with van der Waals surface area (Å²) in [4.78, 5) is 13.0. The second-order valence-electron chi connectivity index (χ2n) is 5.53. The molecule has 1 aromatic heterocycles. The number of amides is 1. The van der Waals surface area contributed by atoms with E-state index >= 15 is 0 Å². The fourth-order valence-electron chi connectivity index (χ4n) is 2.45. The van der Waals surface area contributed by atoms with E-state index in [9.17, 15) is 4.79 Å². The number of carbonyl (C=O) groups is 1. The van der Waals surface area contributed by atoms with Gasteiger partial charge < -0.3 is 11.1 Å². The first kappa shape index (κ1) is 16.4. The summed E-state index contributed by atoms with van der Waals surface area (Å²) < 4.78 is 2.32. The third kappa shape index (κ3) is 3.11. The Hall–Kier alpha value is -2.44. The van der Waals surface area contributed by atoms with Gasteiger partial charge in [-0.2, -0.15) is 0 Å². The highest BCUT2D eigenvalue weighted by molar-refractivity contribution is 7.73. The number of aryl methyl sites for hydroxylation is 2. The molecule has 0 atom stereocenters. The van der Waals surface area contributed by atoms with Crippen molar-refractivity contribution in [2.75, 3.05) is 11.1 Å². The fourth-order valence-corrected chi connectivity index (χ4v) is 3.69. The highest BCUT2D eigenvalue weighted by Gasteiger charge is 2.19. The minimum absolute atomic E-state index is 0.251. The van der Waals surface area contributed by atoms with Crippen molar-refractivity contribution in [2.24, 2.45) is 0 Å². The Morgan fingerprint density at radius 1 is 1.17 bits per heavy atom. The van der Waals surface area contributed by atoms with Crippen LogP contribution in [0.2, 0.25) is 0 Å². The van der Waals surface area contributed by atoms with Crippen LogP contribution in [-0.2, 0) is 0 Å². The Bertz CT molecular complexity index is 958. The summed E-state index contributed by atoms with van der Waals surface area (Å²) in [5.74, 6) is 0.117. The molecule has 1 heterocycles. The third-order valence-electron chi connectivity index (χ3n) is 3.69. The highest BCUT2D eigenvalue weighted by atomic mass is 32.1. The Kier molecular flexibility index (Phi) is 4.51. The summed E-state index contributed by atoms with van der Waals surface area (Å²) >= 11 is 6.67. The van der Waals surface area contributed by atoms with Crippen molar-refractivity contribution in [3.05, 3.63) is 68.5 Å². The second kappa shape index (κ2) is 6.59. The number of para-hydroxylation sites is 1. The number of hydrogen-bond donors (Lipinski definition) is 2. The second-order valence-corrected chi connectivity index (χ2v) is 7.17. The standard InChI is InChI=1S/C18H17N3OS2/c1-11-8-9-12(2)14(10-11)21-16(19)15(24-18(21)23)17(22)20-13-6-4-3-5-7-13/h3-10H,19H2,1-2H3,(H,20,22). The van der Waals surface area contributed by atoms with Crippen molar-refractivity contribution < 1.29 is 4.79 Å². The Morgan fingerprint density at radius 3 is 2.58 bits per heavy atom. The van der Waals surface area contributed by atoms with Gasteiger partial charge in [-0.3, -0.25) is 9.36 Å². The molecule has 2 aromatic carbocycles. The maximum atomic E-state index is 12.5. The van der Waals surface area contributed by atoms with Gasteiger partial charge >= 0.3 is 0 Å². The summed E-state index contributed by atoms with van der Waals surface area (Å²) in [5.41, 5.74) is 10.0. The van der Waals surface area contributed by atoms with Crippen molar-refractivity contribution in [3.63, 3.8) is 0 Å². The average molecular weight is 355 g/mol. The minimum atomic E-state index is -0.251. The van der Waals surface area contributed by atoms with Crippen molar-refractivity contribution in [3.8, 4) is 5.69 Å². The Labute approximate surface area is 149 Å². The van der Waals surface area contributed by atoms with Crippen LogP contribution in [-0.4, -0.2) is 10.5 Å². The van der Waals surface area contributed by atoms with Crippen LogP contribution in [0, 0.1) is 17.8 Å². The predicted octanol–water partition coefficient (Wildman–Crippen LogP) is 4.72. The van der Waals surface area contributed by atoms with Gasteiger partial charge in [-0.25, -0.2) is 0 Å². The normalized spacial score (nSPS) is 10.6. The smallest absolute Gasteiger partial charge is 0.269 e. The molecular weight excluding hydrogens is 338 g/mol. The number of nitrogens with one attached hydrogen (secondary N) is 1. The van der Waals surface area contributed by atoms with E-state index in [1.807, 2.05) is 62.4 Å². The van der Waals surface area contributed by atoms with Crippen LogP contribution in [0.1, 0.15) is 20.8 Å². The highest BCUT2D eigenvalue weighted by Crippen LogP contribution is 2.29. The molecule has 0 unspecified atom stereocenters. The van der Waals surface area contributed by atoms with Gasteiger partial charge in [0.25, 0.3) is 5.91 Å². The molecule has 0 saturated heterocycles. The molecule has 6 heteroatoms. The molecule has 0 bridgehead atoms. The average Bonchev–Trinajstić information content (AvgIpc) is 2.86. The summed E-state index contributed by atoms with van der Waals surface area (Å²) in [6.45, 7) is 4.01. The number of benzene rings is 2. The molecule has 122 valence electrons. The SMILES string of the molecule is Cc1ccc(C)c(-n2c(N)c(C(=O)Nc3ccccc3)sc2=S)c1. The van der Waals surface area contributed by atoms with Gasteiger partial charge in [0.2, 0.25) is 0 Å². The topological polar surface area (TPSA) is 60.0 Å². The number of carbonyl (C=O) groups excluding carboxylic acids is 1. The molecule has 4 nitrogen and oxygen atoms in total. The van der Waals surface area contributed by atoms with Gasteiger partial charge in [-0.05, 0) is 55.4 Å². The van der Waals surface area contributed by atoms with Gasteiger partial charge in [-0.15, -0.1) is 0 Å². The molecule has 0 radical (unpaired) electrons. The Balaban J connectivity index is 2.02. The molecule has 3 rings (SSSR count). The van der Waals surface area contributed by atoms with Gasteiger partial charge in [0.1, 0.15) is 10.7 Å². The maximum absolute atomic E-state index is 12.5. The number of thiazole rings is 1. The number of anilines is 2. The number of nitrogens with zero attached hydrogens (tertiary/aromatic N) is 1. The van der Waals surface area contributed by atoms with E-state index in [4.69, 9.17) is 18.0 Å². The van der Waals surface area contributed by atoms with E-state index in [0.29, 0.717) is 14.6 Å². The lowest BCUT2D eigenvalue weighted by atomic mass is 10.1. The van der Waals surface area contributed by atoms with E-state index in [2.05, 4.69) is 5.32 Å². The first-order valence-corrected chi connectivity index (χ1v) is 8.65. The lowest BCUT2D eigenvalue weighted by Gasteiger charge is -2.11. The number of rotatable bonds is 3. The lowest BCUT2D eigenvalue weighted by molar-refractivity contribution is 0.103. The van der Waals surface area contributed by atoms with Gasteiger partial charge in [-0.1, -0.05) is 41.7 Å². The number of nitrogens with two attached hydrogens (primary N) is 1. The largest absolute Gasteiger partial charge is 0.383 e. The van der Waals surface area contributed by atoms with Crippen LogP contribution in [0.3, 0.4) is 0 Å². The zero-order chi connectivity index (χ0) is 17.3. The van der Waals surface area contributed by atoms with E-state index in [1.165, 1.54) is 11.3 Å². The van der Waals surface area contributed by atoms with Crippen LogP contribution in [0.5, 0.6) is 0 Å². The van der Waals surface area contributed by atoms with Crippen LogP contribution < -0.4 is 11.1 Å². The molecule has 3 N–H and O–H groups in total. The number of aromatic nitrogens is 1. The first-order chi connectivity index (χ1) is 11.5. The van der Waals surface area contributed by atoms with Gasteiger partial charge in [0.05, 0.1) is 5.69 Å². The van der Waals surface area contributed by atoms with Crippen molar-refractivity contribution in [2.45, 2.75) is 13.8 Å². The van der Waals surface area contributed by atoms with Crippen LogP contribution >= 0.6 is 23.6 Å². The van der Waals surface area contributed by atoms with E-state index in [-0.39, 0.29) is 5.91 Å². The lowest BCUT2D eigenvalue weighted by Crippen LogP contribution is -2.13. The van der Waals surface area contributed by atoms with Crippen LogP contribution in [0.15, 0.2) is 48.5 Å². The molecule has 0 spiro atoms. The summed E-state index contributed by atoms with van der Waals surface area (Å²) in [5, 5.41) is 2.85. The molecular formula is C18H17N3OS2. The minimum Gasteiger partial charge on any atom is -0.383 e. The predicted molar refractivity (Wildman–Crippen MR) is 103 cm³/mol. The zero-order valence-electron chi connectivity index (χ0n) is 13.4. The monoisotopic (exact) mass is 355 g/mol. The van der Waals surface area contributed by atoms with Crippen molar-refractivity contribution >= 4 is 41.0 Å². The molecule has 0 aliphatic carbocycles. The molecule has 1 amide bonds. The zero-order valence-corrected chi connectivity index (χ0v) is 15.0. The molecule has 24 heavy (non-hydrogen) atoms. The number of nitrogen functional groups attached to an aromatic ring is 1. The molecule has 3 aromatic rings. The van der Waals surface area contributed by atoms with Crippen LogP contribution in [0.25, 0.3) is 5.69 Å². The van der Waals surface area contributed by atoms with Gasteiger partial charge in [0.15, 0.2) is 3.95 Å². The summed E-state index contributed by atoms with van der Waals surface area (Å²) in [6.07, 6.45) is 0. The van der Waals surface area contributed by atoms with E-state index in [0.717, 1.165) is 22.5 Å². The molecule has 0 saturated carbocycles. The number of hydrogen-bond acceptors (Lipinski definition) is 4. The quantitative estimate of drug-likeness (QED) is 0.668. The van der Waals surface area contributed by atoms with E-state index < -0.39 is 0 Å². The third-order valence-corrected chi connectivity index (χ3v) is 5.08. The summed E-state index contributed by atoms with van der Waals surface area (Å²) in [6, 6.07) is 15.4. The van der Waals surface area contributed by atoms with Crippen molar-refractivity contribution in [1.82, 2.24) is 4.57 Å². The van der Waals surface area contributed by atoms with Gasteiger partial charge in [0, 0.05) is 5.69 Å². The van der Waals surface area contributed by atoms with Crippen LogP contribution in [0.4, 0.5) is 11.5 Å². The summed E-state index contributed by atoms with van der Waals surface area (Å²) in [7, 11) is 0. The molecule has 0 aliphatic heterocycles. The maximum Gasteiger partial charge on any atom is 0.269 e. The molecule has 0 fully saturated rings. The molecule has 0 aliphatic rings.